The Balaban J connectivity index is 1.28. The first kappa shape index (κ1) is 23.4. The summed E-state index contributed by atoms with van der Waals surface area (Å²) >= 11 is 1.40. The molecule has 9 heteroatoms. The van der Waals surface area contributed by atoms with E-state index in [1.165, 1.54) is 31.0 Å². The number of hydrogen-bond acceptors (Lipinski definition) is 6. The van der Waals surface area contributed by atoms with Gasteiger partial charge in [-0.1, -0.05) is 61.4 Å². The second-order valence-electron chi connectivity index (χ2n) is 8.91. The number of aromatic nitrogens is 5. The summed E-state index contributed by atoms with van der Waals surface area (Å²) in [5, 5.41) is 17.2. The van der Waals surface area contributed by atoms with Crippen LogP contribution in [-0.4, -0.2) is 50.5 Å². The molecule has 0 radical (unpaired) electrons. The molecule has 0 aliphatic heterocycles. The van der Waals surface area contributed by atoms with Crippen molar-refractivity contribution in [2.75, 3.05) is 19.4 Å². The summed E-state index contributed by atoms with van der Waals surface area (Å²) in [5.74, 6) is 1.05. The Labute approximate surface area is 208 Å². The van der Waals surface area contributed by atoms with Crippen LogP contribution in [0.3, 0.4) is 0 Å². The molecule has 0 saturated heterocycles. The van der Waals surface area contributed by atoms with Gasteiger partial charge in [-0.05, 0) is 52.6 Å². The minimum Gasteiger partial charge on any atom is -0.497 e. The Morgan fingerprint density at radius 1 is 1.17 bits per heavy atom. The van der Waals surface area contributed by atoms with Crippen LogP contribution in [0.4, 0.5) is 0 Å². The van der Waals surface area contributed by atoms with Crippen LogP contribution in [-0.2, 0) is 4.79 Å². The monoisotopic (exact) mass is 490 g/mol. The zero-order chi connectivity index (χ0) is 24.0. The van der Waals surface area contributed by atoms with Crippen LogP contribution < -0.4 is 10.1 Å². The maximum atomic E-state index is 12.9. The van der Waals surface area contributed by atoms with Gasteiger partial charge in [-0.2, -0.15) is 0 Å². The standard InChI is InChI=1S/C26H30N6O2S/c1-34-20-13-11-18(12-14-20)22(23-16-27-24-10-6-5-9-21(23)24)15-28-25(33)17-35-26-29-30-31-32(26)19-7-3-2-4-8-19/h5-6,9-14,16,19,22,27H,2-4,7-8,15,17H2,1H3,(H,28,33)/t22-/m1/s1. The van der Waals surface area contributed by atoms with Crippen LogP contribution in [0.5, 0.6) is 5.75 Å². The van der Waals surface area contributed by atoms with Gasteiger partial charge in [-0.3, -0.25) is 4.79 Å². The second-order valence-corrected chi connectivity index (χ2v) is 9.85. The van der Waals surface area contributed by atoms with E-state index in [0.29, 0.717) is 12.6 Å². The topological polar surface area (TPSA) is 97.7 Å². The number of ether oxygens (including phenoxy) is 1. The molecule has 0 bridgehead atoms. The molecule has 1 amide bonds. The van der Waals surface area contributed by atoms with E-state index in [4.69, 9.17) is 4.74 Å². The first-order chi connectivity index (χ1) is 17.2. The molecule has 35 heavy (non-hydrogen) atoms. The van der Waals surface area contributed by atoms with E-state index < -0.39 is 0 Å². The third kappa shape index (κ3) is 5.35. The molecule has 2 N–H and O–H groups in total. The first-order valence-corrected chi connectivity index (χ1v) is 13.1. The number of hydrogen-bond donors (Lipinski definition) is 2. The Morgan fingerprint density at radius 2 is 1.97 bits per heavy atom. The number of rotatable bonds is 9. The van der Waals surface area contributed by atoms with Gasteiger partial charge in [0.05, 0.1) is 18.9 Å². The summed E-state index contributed by atoms with van der Waals surface area (Å²) < 4.78 is 7.24. The largest absolute Gasteiger partial charge is 0.497 e. The zero-order valence-corrected chi connectivity index (χ0v) is 20.6. The predicted octanol–water partition coefficient (Wildman–Crippen LogP) is 4.71. The van der Waals surface area contributed by atoms with E-state index >= 15 is 0 Å². The van der Waals surface area contributed by atoms with E-state index in [1.807, 2.05) is 35.1 Å². The van der Waals surface area contributed by atoms with Gasteiger partial charge in [0.2, 0.25) is 11.1 Å². The van der Waals surface area contributed by atoms with Crippen LogP contribution in [0, 0.1) is 0 Å². The number of aromatic amines is 1. The molecule has 1 atom stereocenters. The van der Waals surface area contributed by atoms with Crippen molar-refractivity contribution < 1.29 is 9.53 Å². The number of fused-ring (bicyclic) bond motifs is 1. The zero-order valence-electron chi connectivity index (χ0n) is 19.8. The molecule has 1 fully saturated rings. The molecule has 2 aromatic heterocycles. The molecule has 2 heterocycles. The number of nitrogens with zero attached hydrogens (tertiary/aromatic N) is 4. The average molecular weight is 491 g/mol. The molecule has 4 aromatic rings. The fourth-order valence-electron chi connectivity index (χ4n) is 4.86. The summed E-state index contributed by atoms with van der Waals surface area (Å²) in [6.45, 7) is 0.487. The second kappa shape index (κ2) is 10.9. The quantitative estimate of drug-likeness (QED) is 0.330. The number of carbonyl (C=O) groups is 1. The molecule has 2 aromatic carbocycles. The number of carbonyl (C=O) groups excluding carboxylic acids is 1. The molecule has 5 rings (SSSR count). The molecule has 182 valence electrons. The number of thioether (sulfide) groups is 1. The van der Waals surface area contributed by atoms with Crippen LogP contribution >= 0.6 is 11.8 Å². The maximum Gasteiger partial charge on any atom is 0.230 e. The van der Waals surface area contributed by atoms with Gasteiger partial charge in [-0.25, -0.2) is 4.68 Å². The molecule has 0 spiro atoms. The number of nitrogens with one attached hydrogen (secondary N) is 2. The third-order valence-electron chi connectivity index (χ3n) is 6.73. The summed E-state index contributed by atoms with van der Waals surface area (Å²) in [7, 11) is 1.66. The summed E-state index contributed by atoms with van der Waals surface area (Å²) in [5.41, 5.74) is 3.35. The molecule has 1 aliphatic carbocycles. The van der Waals surface area contributed by atoms with Crippen molar-refractivity contribution in [2.24, 2.45) is 0 Å². The predicted molar refractivity (Wildman–Crippen MR) is 137 cm³/mol. The summed E-state index contributed by atoms with van der Waals surface area (Å²) in [6, 6.07) is 16.6. The van der Waals surface area contributed by atoms with Crippen LogP contribution in [0.15, 0.2) is 59.9 Å². The number of methoxy groups -OCH3 is 1. The van der Waals surface area contributed by atoms with E-state index in [0.717, 1.165) is 45.8 Å². The van der Waals surface area contributed by atoms with Crippen LogP contribution in [0.1, 0.15) is 55.2 Å². The lowest BCUT2D eigenvalue weighted by Gasteiger charge is -2.22. The van der Waals surface area contributed by atoms with Crippen molar-refractivity contribution in [2.45, 2.75) is 49.2 Å². The Bertz CT molecular complexity index is 1260. The number of tetrazole rings is 1. The SMILES string of the molecule is COc1ccc([C@@H](CNC(=O)CSc2nnnn2C2CCCCC2)c2c[nH]c3ccccc23)cc1. The lowest BCUT2D eigenvalue weighted by molar-refractivity contribution is -0.118. The fourth-order valence-corrected chi connectivity index (χ4v) is 5.63. The summed E-state index contributed by atoms with van der Waals surface area (Å²) in [4.78, 5) is 16.2. The molecule has 8 nitrogen and oxygen atoms in total. The highest BCUT2D eigenvalue weighted by Gasteiger charge is 2.22. The van der Waals surface area contributed by atoms with Gasteiger partial charge >= 0.3 is 0 Å². The van der Waals surface area contributed by atoms with Gasteiger partial charge < -0.3 is 15.0 Å². The van der Waals surface area contributed by atoms with E-state index in [-0.39, 0.29) is 17.6 Å². The van der Waals surface area contributed by atoms with Gasteiger partial charge in [0.1, 0.15) is 5.75 Å². The molecule has 1 aliphatic rings. The highest BCUT2D eigenvalue weighted by Crippen LogP contribution is 2.32. The minimum absolute atomic E-state index is 0.00133. The molecular weight excluding hydrogens is 460 g/mol. The number of para-hydroxylation sites is 1. The average Bonchev–Trinajstić information content (AvgIpc) is 3.56. The van der Waals surface area contributed by atoms with E-state index in [9.17, 15) is 4.79 Å². The van der Waals surface area contributed by atoms with Crippen LogP contribution in [0.25, 0.3) is 10.9 Å². The molecular formula is C26H30N6O2S. The lowest BCUT2D eigenvalue weighted by atomic mass is 9.91. The highest BCUT2D eigenvalue weighted by atomic mass is 32.2. The first-order valence-electron chi connectivity index (χ1n) is 12.1. The van der Waals surface area contributed by atoms with Gasteiger partial charge in [0.25, 0.3) is 0 Å². The third-order valence-corrected chi connectivity index (χ3v) is 7.67. The fraction of sp³-hybridized carbons (Fsp3) is 0.385. The highest BCUT2D eigenvalue weighted by molar-refractivity contribution is 7.99. The Kier molecular flexibility index (Phi) is 7.32. The lowest BCUT2D eigenvalue weighted by Crippen LogP contribution is -2.30. The Hall–Kier alpha value is -3.33. The van der Waals surface area contributed by atoms with Gasteiger partial charge in [0.15, 0.2) is 0 Å². The van der Waals surface area contributed by atoms with E-state index in [1.54, 1.807) is 7.11 Å². The summed E-state index contributed by atoms with van der Waals surface area (Å²) in [6.07, 6.45) is 7.91. The Morgan fingerprint density at radius 3 is 2.77 bits per heavy atom. The minimum atomic E-state index is -0.0356. The number of H-pyrrole nitrogens is 1. The van der Waals surface area contributed by atoms with Gasteiger partial charge in [0, 0.05) is 29.6 Å². The van der Waals surface area contributed by atoms with Crippen molar-refractivity contribution in [3.8, 4) is 5.75 Å². The van der Waals surface area contributed by atoms with Crippen molar-refractivity contribution >= 4 is 28.6 Å². The van der Waals surface area contributed by atoms with Crippen molar-refractivity contribution in [1.29, 1.82) is 0 Å². The van der Waals surface area contributed by atoms with E-state index in [2.05, 4.69) is 50.1 Å². The number of benzene rings is 2. The molecule has 1 saturated carbocycles. The van der Waals surface area contributed by atoms with Crippen molar-refractivity contribution in [1.82, 2.24) is 30.5 Å². The number of amides is 1. The maximum absolute atomic E-state index is 12.9. The molecule has 0 unspecified atom stereocenters. The van der Waals surface area contributed by atoms with Gasteiger partial charge in [-0.15, -0.1) is 5.10 Å². The van der Waals surface area contributed by atoms with Crippen molar-refractivity contribution in [3.63, 3.8) is 0 Å². The normalized spacial score (nSPS) is 15.2. The smallest absolute Gasteiger partial charge is 0.230 e. The van der Waals surface area contributed by atoms with Crippen LogP contribution in [0.2, 0.25) is 0 Å². The van der Waals surface area contributed by atoms with Crippen molar-refractivity contribution in [3.05, 3.63) is 65.9 Å².